The highest BCUT2D eigenvalue weighted by Crippen LogP contribution is 2.29. The van der Waals surface area contributed by atoms with Gasteiger partial charge in [0, 0.05) is 30.3 Å². The van der Waals surface area contributed by atoms with Crippen LogP contribution in [0.4, 0.5) is 0 Å². The lowest BCUT2D eigenvalue weighted by molar-refractivity contribution is -0.674. The minimum Gasteiger partial charge on any atom is -0.487 e. The van der Waals surface area contributed by atoms with Gasteiger partial charge in [-0.05, 0) is 79.4 Å². The summed E-state index contributed by atoms with van der Waals surface area (Å²) in [6, 6.07) is 32.6. The van der Waals surface area contributed by atoms with E-state index in [9.17, 15) is 9.35 Å². The first-order chi connectivity index (χ1) is 24.0. The Hall–Kier alpha value is -4.96. The number of esters is 1. The maximum atomic E-state index is 14.2. The van der Waals surface area contributed by atoms with Crippen LogP contribution in [0.25, 0.3) is 34.6 Å². The van der Waals surface area contributed by atoms with Gasteiger partial charge in [-0.2, -0.15) is 9.13 Å². The van der Waals surface area contributed by atoms with E-state index in [1.807, 2.05) is 77.4 Å². The number of aromatic nitrogens is 3. The Kier molecular flexibility index (Phi) is 11.4. The second-order valence-corrected chi connectivity index (χ2v) is 13.0. The number of unbranched alkanes of at least 4 members (excludes halogenated alkanes) is 3. The maximum absolute atomic E-state index is 14.2. The average Bonchev–Trinajstić information content (AvgIpc) is 3.14. The highest BCUT2D eigenvalue weighted by atomic mass is 32.2. The van der Waals surface area contributed by atoms with E-state index >= 15 is 0 Å². The standard InChI is InChI=1S/C40H42N3O5S/c1-3-49(45)47-28-15-5-4-14-27-46-37-23-16-24-41(2)39(37)40(44)48-38-30-42-25-12-10-21-35(42)33-19-8-6-17-31(33)29-32-18-7-9-20-34(32)36-22-11-13-26-43(36)38/h3,6-13,16-26,30,45H,4-5,14-15,27-29H2,1-2H3/q+3. The van der Waals surface area contributed by atoms with E-state index in [-0.39, 0.29) is 0 Å². The summed E-state index contributed by atoms with van der Waals surface area (Å²) in [7, 11) is 1.82. The van der Waals surface area contributed by atoms with Gasteiger partial charge in [-0.3, -0.25) is 4.18 Å². The lowest BCUT2D eigenvalue weighted by atomic mass is 9.93. The van der Waals surface area contributed by atoms with Crippen LogP contribution < -0.4 is 18.4 Å². The Labute approximate surface area is 290 Å². The molecular weight excluding hydrogens is 635 g/mol. The molecule has 3 aromatic heterocycles. The van der Waals surface area contributed by atoms with Gasteiger partial charge in [0.05, 0.1) is 35.4 Å². The van der Waals surface area contributed by atoms with Crippen LogP contribution in [0.15, 0.2) is 116 Å². The van der Waals surface area contributed by atoms with Gasteiger partial charge in [0.1, 0.15) is 7.05 Å². The molecule has 6 rings (SSSR count). The zero-order valence-corrected chi connectivity index (χ0v) is 28.7. The molecule has 5 aromatic rings. The lowest BCUT2D eigenvalue weighted by Crippen LogP contribution is -2.42. The predicted octanol–water partition coefficient (Wildman–Crippen LogP) is 7.03. The van der Waals surface area contributed by atoms with E-state index in [0.717, 1.165) is 54.6 Å². The number of benzene rings is 2. The largest absolute Gasteiger partial charge is 0.487 e. The first-order valence-corrected chi connectivity index (χ1v) is 17.8. The molecule has 1 atom stereocenters. The Morgan fingerprint density at radius 2 is 1.43 bits per heavy atom. The van der Waals surface area contributed by atoms with E-state index in [1.54, 1.807) is 22.9 Å². The molecule has 250 valence electrons. The molecule has 0 amide bonds. The predicted molar refractivity (Wildman–Crippen MR) is 192 cm³/mol. The number of fused-ring (bicyclic) bond motifs is 6. The molecule has 9 heteroatoms. The van der Waals surface area contributed by atoms with Crippen LogP contribution in [0.3, 0.4) is 0 Å². The topological polar surface area (TPSA) is 76.6 Å². The van der Waals surface area contributed by atoms with Gasteiger partial charge in [0.2, 0.25) is 11.4 Å². The molecule has 1 aliphatic rings. The molecule has 0 bridgehead atoms. The molecule has 0 radical (unpaired) electrons. The summed E-state index contributed by atoms with van der Waals surface area (Å²) >= 11 is -1.07. The Balaban J connectivity index is 1.33. The molecule has 2 aromatic carbocycles. The smallest absolute Gasteiger partial charge is 0.448 e. The average molecular weight is 677 g/mol. The molecule has 0 fully saturated rings. The van der Waals surface area contributed by atoms with E-state index in [2.05, 4.69) is 54.6 Å². The van der Waals surface area contributed by atoms with Crippen molar-refractivity contribution in [1.82, 2.24) is 0 Å². The first-order valence-electron chi connectivity index (χ1n) is 16.6. The van der Waals surface area contributed by atoms with Gasteiger partial charge in [-0.1, -0.05) is 42.8 Å². The molecule has 0 aliphatic carbocycles. The molecule has 1 N–H and O–H groups in total. The number of aryl methyl sites for hydroxylation is 1. The summed E-state index contributed by atoms with van der Waals surface area (Å²) < 4.78 is 33.1. The monoisotopic (exact) mass is 676 g/mol. The third-order valence-electron chi connectivity index (χ3n) is 8.44. The minimum atomic E-state index is -1.07. The van der Waals surface area contributed by atoms with Crippen molar-refractivity contribution in [1.29, 1.82) is 0 Å². The van der Waals surface area contributed by atoms with E-state index in [1.165, 1.54) is 11.1 Å². The zero-order valence-electron chi connectivity index (χ0n) is 27.9. The summed E-state index contributed by atoms with van der Waals surface area (Å²) in [6.45, 7) is 2.76. The molecular formula is C40H42N3O5S+3. The van der Waals surface area contributed by atoms with Crippen molar-refractivity contribution in [3.8, 4) is 28.3 Å². The second kappa shape index (κ2) is 16.4. The van der Waals surface area contributed by atoms with Crippen molar-refractivity contribution in [2.45, 2.75) is 39.0 Å². The van der Waals surface area contributed by atoms with E-state index < -0.39 is 17.0 Å². The van der Waals surface area contributed by atoms with Gasteiger partial charge >= 0.3 is 17.5 Å². The van der Waals surface area contributed by atoms with E-state index in [0.29, 0.717) is 30.5 Å². The number of rotatable bonds is 11. The van der Waals surface area contributed by atoms with Crippen molar-refractivity contribution in [3.05, 3.63) is 132 Å². The number of ether oxygens (including phenoxy) is 2. The molecule has 0 saturated carbocycles. The molecule has 8 nitrogen and oxygen atoms in total. The van der Waals surface area contributed by atoms with Crippen molar-refractivity contribution < 1.29 is 36.7 Å². The quantitative estimate of drug-likeness (QED) is 0.0704. The SMILES string of the molecule is CC=S(O)OCCCCCCOc1ccc[n+](C)c1C(=O)OC1=C[n+]2ccccc2-c2ccccc2Cc2ccccc2-c2cccc[n+]21. The van der Waals surface area contributed by atoms with Crippen LogP contribution in [-0.2, 0) is 22.4 Å². The van der Waals surface area contributed by atoms with Gasteiger partial charge in [0.15, 0.2) is 24.3 Å². The number of nitrogens with zero attached hydrogens (tertiary/aromatic N) is 3. The molecule has 4 heterocycles. The summed E-state index contributed by atoms with van der Waals surface area (Å²) in [5.41, 5.74) is 6.72. The van der Waals surface area contributed by atoms with Crippen LogP contribution in [0, 0.1) is 0 Å². The van der Waals surface area contributed by atoms with Crippen LogP contribution >= 0.6 is 11.0 Å². The molecule has 49 heavy (non-hydrogen) atoms. The van der Waals surface area contributed by atoms with Crippen molar-refractivity contribution in [3.63, 3.8) is 0 Å². The van der Waals surface area contributed by atoms with Gasteiger partial charge in [-0.15, -0.1) is 4.57 Å². The first kappa shape index (κ1) is 33.9. The maximum Gasteiger partial charge on any atom is 0.448 e. The van der Waals surface area contributed by atoms with Gasteiger partial charge in [0.25, 0.3) is 6.20 Å². The van der Waals surface area contributed by atoms with Crippen LogP contribution in [0.5, 0.6) is 5.75 Å². The molecule has 1 aliphatic heterocycles. The Bertz CT molecular complexity index is 2010. The third kappa shape index (κ3) is 8.20. The number of carbonyl (C=O) groups is 1. The molecule has 1 unspecified atom stereocenters. The van der Waals surface area contributed by atoms with E-state index in [4.69, 9.17) is 13.7 Å². The number of pyridine rings is 3. The molecule has 0 spiro atoms. The van der Waals surface area contributed by atoms with Crippen molar-refractivity contribution >= 4 is 34.5 Å². The summed E-state index contributed by atoms with van der Waals surface area (Å²) in [6.07, 6.45) is 11.9. The summed E-state index contributed by atoms with van der Waals surface area (Å²) in [5.74, 6) is 0.275. The fraction of sp³-hybridized carbons (Fsp3) is 0.225. The number of carbonyl (C=O) groups excluding carboxylic acids is 1. The summed E-state index contributed by atoms with van der Waals surface area (Å²) in [5, 5.41) is 1.64. The highest BCUT2D eigenvalue weighted by molar-refractivity contribution is 8.05. The fourth-order valence-electron chi connectivity index (χ4n) is 6.01. The zero-order chi connectivity index (χ0) is 34.0. The summed E-state index contributed by atoms with van der Waals surface area (Å²) in [4.78, 5) is 14.2. The Morgan fingerprint density at radius 1 is 0.776 bits per heavy atom. The fourth-order valence-corrected chi connectivity index (χ4v) is 6.43. The van der Waals surface area contributed by atoms with Crippen LogP contribution in [-0.4, -0.2) is 29.1 Å². The third-order valence-corrected chi connectivity index (χ3v) is 9.25. The molecule has 0 saturated heterocycles. The lowest BCUT2D eigenvalue weighted by Gasteiger charge is -2.11. The van der Waals surface area contributed by atoms with Crippen LogP contribution in [0.1, 0.15) is 54.2 Å². The number of hydrogen-bond acceptors (Lipinski definition) is 5. The second-order valence-electron chi connectivity index (χ2n) is 11.7. The van der Waals surface area contributed by atoms with Crippen LogP contribution in [0.2, 0.25) is 0 Å². The minimum absolute atomic E-state index is 0.319. The van der Waals surface area contributed by atoms with Gasteiger partial charge < -0.3 is 14.0 Å². The Morgan fingerprint density at radius 3 is 2.18 bits per heavy atom. The normalized spacial score (nSPS) is 12.8. The van der Waals surface area contributed by atoms with Crippen molar-refractivity contribution in [2.24, 2.45) is 7.05 Å². The number of hydrogen-bond donors (Lipinski definition) is 1. The highest BCUT2D eigenvalue weighted by Gasteiger charge is 2.34. The van der Waals surface area contributed by atoms with Gasteiger partial charge in [-0.25, -0.2) is 4.79 Å². The van der Waals surface area contributed by atoms with Crippen molar-refractivity contribution in [2.75, 3.05) is 13.2 Å².